The van der Waals surface area contributed by atoms with Gasteiger partial charge in [0.1, 0.15) is 0 Å². The first kappa shape index (κ1) is 40.2. The Morgan fingerprint density at radius 3 is 1.66 bits per heavy atom. The molecule has 3 atom stereocenters. The van der Waals surface area contributed by atoms with Gasteiger partial charge in [-0.05, 0) is 44.2 Å². The Morgan fingerprint density at radius 2 is 1.21 bits per heavy atom. The topological polar surface area (TPSA) is 68.2 Å². The van der Waals surface area contributed by atoms with Crippen LogP contribution < -0.4 is 0 Å². The van der Waals surface area contributed by atoms with Crippen molar-refractivity contribution in [1.29, 1.82) is 0 Å². The van der Waals surface area contributed by atoms with Gasteiger partial charge >= 0.3 is 35.7 Å². The number of aliphatic hydroxyl groups is 1. The third-order valence-corrected chi connectivity index (χ3v) is 17.1. The van der Waals surface area contributed by atoms with Crippen LogP contribution in [0.2, 0.25) is 56.9 Å². The Labute approximate surface area is 224 Å². The van der Waals surface area contributed by atoms with E-state index in [1.165, 1.54) is 19.0 Å². The minimum Gasteiger partial charge on any atom is -0.439 e. The summed E-state index contributed by atoms with van der Waals surface area (Å²) in [7, 11) is -10.8. The van der Waals surface area contributed by atoms with Gasteiger partial charge in [0.05, 0.1) is 13.2 Å². The molecular weight excluding hydrogens is 604 g/mol. The molecule has 0 aromatic carbocycles. The fraction of sp³-hybridized carbons (Fsp3) is 1.00. The van der Waals surface area contributed by atoms with Gasteiger partial charge in [0.25, 0.3) is 0 Å². The molecule has 0 radical (unpaired) electrons. The number of hydrogen-bond donors (Lipinski definition) is 2. The lowest BCUT2D eigenvalue weighted by Crippen LogP contribution is -2.53. The van der Waals surface area contributed by atoms with E-state index in [-0.39, 0.29) is 15.4 Å². The number of ether oxygens (including phenoxy) is 1. The van der Waals surface area contributed by atoms with Crippen molar-refractivity contribution in [2.45, 2.75) is 108 Å². The molecule has 0 amide bonds. The molecule has 0 aliphatic rings. The summed E-state index contributed by atoms with van der Waals surface area (Å²) in [6, 6.07) is -0.502. The van der Waals surface area contributed by atoms with Crippen LogP contribution in [0.15, 0.2) is 0 Å². The highest BCUT2D eigenvalue weighted by molar-refractivity contribution is 6.82. The first-order valence-corrected chi connectivity index (χ1v) is 23.1. The number of alkyl halides is 9. The van der Waals surface area contributed by atoms with Gasteiger partial charge in [-0.1, -0.05) is 25.6 Å². The van der Waals surface area contributed by atoms with E-state index in [0.717, 1.165) is 26.1 Å². The van der Waals surface area contributed by atoms with Gasteiger partial charge in [-0.15, -0.1) is 0 Å². The molecular formula is C20H43F9O5Si4. The van der Waals surface area contributed by atoms with E-state index in [9.17, 15) is 44.3 Å². The summed E-state index contributed by atoms with van der Waals surface area (Å²) in [5.74, 6) is 0. The molecule has 0 saturated heterocycles. The molecule has 18 heteroatoms. The lowest BCUT2D eigenvalue weighted by Gasteiger charge is -2.36. The summed E-state index contributed by atoms with van der Waals surface area (Å²) < 4.78 is 127. The summed E-state index contributed by atoms with van der Waals surface area (Å²) in [4.78, 5) is 10.1. The van der Waals surface area contributed by atoms with E-state index in [1.54, 1.807) is 0 Å². The van der Waals surface area contributed by atoms with Gasteiger partial charge in [0, 0.05) is 34.7 Å². The number of halogens is 9. The van der Waals surface area contributed by atoms with Crippen LogP contribution in [-0.2, 0) is 13.0 Å². The van der Waals surface area contributed by atoms with Crippen molar-refractivity contribution in [3.05, 3.63) is 0 Å². The van der Waals surface area contributed by atoms with Crippen LogP contribution in [-0.4, -0.2) is 83.2 Å². The Hall–Kier alpha value is 0.0375. The summed E-state index contributed by atoms with van der Waals surface area (Å²) in [5.41, 5.74) is 0. The molecule has 0 bridgehead atoms. The molecule has 5 nitrogen and oxygen atoms in total. The van der Waals surface area contributed by atoms with Crippen molar-refractivity contribution in [3.63, 3.8) is 0 Å². The fourth-order valence-electron chi connectivity index (χ4n) is 3.17. The quantitative estimate of drug-likeness (QED) is 0.106. The van der Waals surface area contributed by atoms with Crippen molar-refractivity contribution in [1.82, 2.24) is 0 Å². The van der Waals surface area contributed by atoms with E-state index >= 15 is 0 Å². The summed E-state index contributed by atoms with van der Waals surface area (Å²) in [5, 5.41) is 8.39. The highest BCUT2D eigenvalue weighted by atomic mass is 28.5. The predicted molar refractivity (Wildman–Crippen MR) is 138 cm³/mol. The molecule has 0 aliphatic heterocycles. The third-order valence-electron chi connectivity index (χ3n) is 5.01. The first-order chi connectivity index (χ1) is 17.0. The molecule has 3 unspecified atom stereocenters. The molecule has 232 valence electrons. The Morgan fingerprint density at radius 1 is 0.711 bits per heavy atom. The van der Waals surface area contributed by atoms with Crippen LogP contribution in [0.4, 0.5) is 39.5 Å². The maximum Gasteiger partial charge on any atom is 0.389 e. The zero-order valence-corrected chi connectivity index (χ0v) is 27.0. The van der Waals surface area contributed by atoms with Crippen LogP contribution in [0.25, 0.3) is 0 Å². The first-order valence-electron chi connectivity index (χ1n) is 12.5. The minimum atomic E-state index is -4.60. The predicted octanol–water partition coefficient (Wildman–Crippen LogP) is 6.63. The number of hydrogen-bond acceptors (Lipinski definition) is 5. The van der Waals surface area contributed by atoms with E-state index < -0.39 is 82.1 Å². The Bertz CT molecular complexity index is 609. The second kappa shape index (κ2) is 18.5. The average Bonchev–Trinajstić information content (AvgIpc) is 2.71. The lowest BCUT2D eigenvalue weighted by atomic mass is 10.4. The monoisotopic (exact) mass is 646 g/mol. The van der Waals surface area contributed by atoms with Gasteiger partial charge in [0.2, 0.25) is 0 Å². The minimum absolute atomic E-state index is 0.152. The number of rotatable bonds is 17. The van der Waals surface area contributed by atoms with Crippen LogP contribution in [0.1, 0.15) is 32.1 Å². The van der Waals surface area contributed by atoms with Crippen molar-refractivity contribution in [2.75, 3.05) is 19.8 Å². The molecule has 0 fully saturated rings. The van der Waals surface area contributed by atoms with E-state index in [2.05, 4.69) is 13.1 Å². The Balaban J connectivity index is 0. The standard InChI is InChI=1S/C12H23F9O3Si3.C8H20O2Si/c1-25(7-4-10(13,14)15)23-27(3,9-6-12(19,20)21)24-26(2,22)8-5-11(16,17)18;1-11(2)8-4-3-6-10-7-5-9/h22,25H,4-9H2,1-3H3;9,11H,3-8H2,1-2H3. The average molecular weight is 647 g/mol. The second-order valence-corrected chi connectivity index (χ2v) is 22.9. The van der Waals surface area contributed by atoms with Crippen molar-refractivity contribution in [3.8, 4) is 0 Å². The molecule has 0 aromatic rings. The maximum absolute atomic E-state index is 12.5. The van der Waals surface area contributed by atoms with E-state index in [4.69, 9.17) is 18.1 Å². The molecule has 0 heterocycles. The van der Waals surface area contributed by atoms with Crippen LogP contribution in [0.3, 0.4) is 0 Å². The van der Waals surface area contributed by atoms with Crippen LogP contribution >= 0.6 is 0 Å². The molecule has 0 aliphatic carbocycles. The van der Waals surface area contributed by atoms with E-state index in [0.29, 0.717) is 6.61 Å². The van der Waals surface area contributed by atoms with Crippen LogP contribution in [0.5, 0.6) is 0 Å². The zero-order valence-electron chi connectivity index (χ0n) is 22.7. The maximum atomic E-state index is 12.5. The summed E-state index contributed by atoms with van der Waals surface area (Å²) in [6.45, 7) is 9.70. The largest absolute Gasteiger partial charge is 0.439 e. The molecule has 2 N–H and O–H groups in total. The summed E-state index contributed by atoms with van der Waals surface area (Å²) in [6.07, 6.45) is -15.1. The Kier molecular flexibility index (Phi) is 19.5. The zero-order chi connectivity index (χ0) is 30.3. The van der Waals surface area contributed by atoms with Gasteiger partial charge in [0.15, 0.2) is 9.04 Å². The molecule has 0 spiro atoms. The normalized spacial score (nSPS) is 17.0. The van der Waals surface area contributed by atoms with Gasteiger partial charge < -0.3 is 22.9 Å². The van der Waals surface area contributed by atoms with Gasteiger partial charge in [-0.25, -0.2) is 0 Å². The molecule has 38 heavy (non-hydrogen) atoms. The van der Waals surface area contributed by atoms with Crippen molar-refractivity contribution < 1.29 is 62.4 Å². The number of unbranched alkanes of at least 4 members (excludes halogenated alkanes) is 1. The fourth-order valence-corrected chi connectivity index (χ4v) is 16.0. The van der Waals surface area contributed by atoms with Crippen molar-refractivity contribution >= 4 is 35.0 Å². The van der Waals surface area contributed by atoms with Crippen molar-refractivity contribution in [2.24, 2.45) is 0 Å². The van der Waals surface area contributed by atoms with Gasteiger partial charge in [-0.3, -0.25) is 0 Å². The summed E-state index contributed by atoms with van der Waals surface area (Å²) >= 11 is 0. The molecule has 0 aromatic heterocycles. The molecule has 0 rings (SSSR count). The smallest absolute Gasteiger partial charge is 0.389 e. The highest BCUT2D eigenvalue weighted by Crippen LogP contribution is 2.33. The van der Waals surface area contributed by atoms with E-state index in [1.807, 2.05) is 0 Å². The SMILES string of the molecule is C[SiH](C)CCCCOCCO.C[SiH](CCC(F)(F)F)O[Si](C)(CCC(F)(F)F)O[Si](C)(O)CCC(F)(F)F. The van der Waals surface area contributed by atoms with Crippen LogP contribution in [0, 0.1) is 0 Å². The highest BCUT2D eigenvalue weighted by Gasteiger charge is 2.46. The van der Waals surface area contributed by atoms with Gasteiger partial charge in [-0.2, -0.15) is 39.5 Å². The third kappa shape index (κ3) is 29.0. The lowest BCUT2D eigenvalue weighted by molar-refractivity contribution is -0.132. The second-order valence-electron chi connectivity index (χ2n) is 9.95. The number of aliphatic hydroxyl groups excluding tert-OH is 1. The molecule has 0 saturated carbocycles.